The monoisotopic (exact) mass is 180 g/mol. The molecule has 0 amide bonds. The van der Waals surface area contributed by atoms with Gasteiger partial charge in [0, 0.05) is 19.5 Å². The summed E-state index contributed by atoms with van der Waals surface area (Å²) in [5.41, 5.74) is 1.19. The molecule has 0 spiro atoms. The summed E-state index contributed by atoms with van der Waals surface area (Å²) in [6.45, 7) is 6.60. The first-order valence-corrected chi connectivity index (χ1v) is 5.06. The molecule has 0 bridgehead atoms. The number of hydrogen-bond acceptors (Lipinski definition) is 2. The van der Waals surface area contributed by atoms with E-state index in [1.807, 2.05) is 6.08 Å². The summed E-state index contributed by atoms with van der Waals surface area (Å²) in [5.74, 6) is 0. The Morgan fingerprint density at radius 1 is 1.38 bits per heavy atom. The highest BCUT2D eigenvalue weighted by atomic mass is 16.5. The molecule has 2 heteroatoms. The summed E-state index contributed by atoms with van der Waals surface area (Å²) < 4.78 is 5.05. The van der Waals surface area contributed by atoms with E-state index in [0.717, 1.165) is 19.5 Å². The molecule has 0 N–H and O–H groups in total. The Bertz CT molecular complexity index is 190. The van der Waals surface area contributed by atoms with Crippen molar-refractivity contribution in [1.82, 2.24) is 4.90 Å². The van der Waals surface area contributed by atoms with Crippen LogP contribution in [0.3, 0.4) is 0 Å². The van der Waals surface area contributed by atoms with Crippen LogP contribution in [0.15, 0.2) is 18.0 Å². The molecule has 0 aromatic rings. The highest BCUT2D eigenvalue weighted by molar-refractivity contribution is 5.03. The van der Waals surface area contributed by atoms with Gasteiger partial charge in [0.1, 0.15) is 0 Å². The Morgan fingerprint density at radius 3 is 2.54 bits per heavy atom. The zero-order chi connectivity index (χ0) is 9.52. The molecule has 1 heterocycles. The zero-order valence-corrected chi connectivity index (χ0v) is 8.55. The first-order valence-electron chi connectivity index (χ1n) is 5.06. The molecule has 2 nitrogen and oxygen atoms in total. The summed E-state index contributed by atoms with van der Waals surface area (Å²) in [6, 6.07) is 0. The minimum Gasteiger partial charge on any atom is -0.459 e. The lowest BCUT2D eigenvalue weighted by atomic mass is 10.2. The molecule has 1 aliphatic heterocycles. The second-order valence-electron chi connectivity index (χ2n) is 3.23. The summed E-state index contributed by atoms with van der Waals surface area (Å²) in [7, 11) is 0. The zero-order valence-electron chi connectivity index (χ0n) is 8.55. The lowest BCUT2D eigenvalue weighted by Gasteiger charge is -2.26. The van der Waals surface area contributed by atoms with E-state index in [9.17, 15) is 0 Å². The molecule has 73 valence electrons. The Labute approximate surface area is 80.9 Å². The normalized spacial score (nSPS) is 15.1. The average Bonchev–Trinajstić information content (AvgIpc) is 2.19. The predicted octanol–water partition coefficient (Wildman–Crippen LogP) is 2.69. The molecule has 13 heavy (non-hydrogen) atoms. The van der Waals surface area contributed by atoms with Gasteiger partial charge < -0.3 is 9.64 Å². The van der Waals surface area contributed by atoms with Gasteiger partial charge in [-0.2, -0.15) is 0 Å². The fourth-order valence-corrected chi connectivity index (χ4v) is 1.47. The predicted molar refractivity (Wildman–Crippen MR) is 53.8 cm³/mol. The van der Waals surface area contributed by atoms with Gasteiger partial charge in [-0.05, 0) is 18.9 Å². The van der Waals surface area contributed by atoms with Crippen molar-refractivity contribution in [1.29, 1.82) is 0 Å². The highest BCUT2D eigenvalue weighted by Crippen LogP contribution is 2.14. The summed E-state index contributed by atoms with van der Waals surface area (Å²) in [4.78, 5) is 2.35. The van der Waals surface area contributed by atoms with Crippen LogP contribution in [0.2, 0.25) is 0 Å². The Hall–Kier alpha value is -0.920. The van der Waals surface area contributed by atoms with E-state index in [2.05, 4.69) is 25.0 Å². The Morgan fingerprint density at radius 2 is 2.08 bits per heavy atom. The molecule has 0 saturated carbocycles. The summed E-state index contributed by atoms with van der Waals surface area (Å²) in [6.07, 6.45) is 9.98. The lowest BCUT2D eigenvalue weighted by molar-refractivity contribution is 0.284. The maximum absolute atomic E-state index is 5.05. The average molecular weight is 180 g/mol. The van der Waals surface area contributed by atoms with Crippen molar-refractivity contribution >= 4 is 0 Å². The van der Waals surface area contributed by atoms with Crippen molar-refractivity contribution in [3.05, 3.63) is 24.3 Å². The number of rotatable bonds is 5. The van der Waals surface area contributed by atoms with Crippen molar-refractivity contribution in [2.75, 3.05) is 13.1 Å². The van der Waals surface area contributed by atoms with Crippen LogP contribution in [0, 0.1) is 6.26 Å². The van der Waals surface area contributed by atoms with Crippen LogP contribution in [0.25, 0.3) is 0 Å². The van der Waals surface area contributed by atoms with Crippen LogP contribution in [-0.4, -0.2) is 18.0 Å². The standard InChI is InChI=1S/C11H18NO/c1-3-7-12(8-4-2)11-6-5-9-13-10-11/h5,9H,3-4,6-8H2,1-2H3. The molecular weight excluding hydrogens is 162 g/mol. The molecule has 0 aromatic heterocycles. The van der Waals surface area contributed by atoms with Crippen molar-refractivity contribution in [3.8, 4) is 0 Å². The third-order valence-electron chi connectivity index (χ3n) is 2.02. The smallest absolute Gasteiger partial charge is 0.190 e. The topological polar surface area (TPSA) is 12.5 Å². The molecule has 0 aromatic carbocycles. The van der Waals surface area contributed by atoms with Gasteiger partial charge in [0.2, 0.25) is 0 Å². The molecule has 0 aliphatic carbocycles. The van der Waals surface area contributed by atoms with Gasteiger partial charge in [0.25, 0.3) is 0 Å². The largest absolute Gasteiger partial charge is 0.459 e. The van der Waals surface area contributed by atoms with E-state index < -0.39 is 0 Å². The van der Waals surface area contributed by atoms with Crippen LogP contribution >= 0.6 is 0 Å². The number of hydrogen-bond donors (Lipinski definition) is 0. The fraction of sp³-hybridized carbons (Fsp3) is 0.636. The molecule has 0 unspecified atom stereocenters. The third kappa shape index (κ3) is 3.13. The number of nitrogens with zero attached hydrogens (tertiary/aromatic N) is 1. The molecule has 0 atom stereocenters. The third-order valence-corrected chi connectivity index (χ3v) is 2.02. The van der Waals surface area contributed by atoms with Gasteiger partial charge in [-0.1, -0.05) is 13.8 Å². The molecular formula is C11H18NO. The second kappa shape index (κ2) is 5.68. The molecule has 0 saturated heterocycles. The summed E-state index contributed by atoms with van der Waals surface area (Å²) >= 11 is 0. The van der Waals surface area contributed by atoms with E-state index in [-0.39, 0.29) is 0 Å². The Balaban J connectivity index is 2.47. The first kappa shape index (κ1) is 10.2. The fourth-order valence-electron chi connectivity index (χ4n) is 1.47. The van der Waals surface area contributed by atoms with Crippen LogP contribution in [-0.2, 0) is 4.74 Å². The van der Waals surface area contributed by atoms with E-state index in [0.29, 0.717) is 0 Å². The van der Waals surface area contributed by atoms with Gasteiger partial charge in [0.15, 0.2) is 6.26 Å². The van der Waals surface area contributed by atoms with E-state index in [1.165, 1.54) is 18.5 Å². The first-order chi connectivity index (χ1) is 6.38. The molecule has 1 rings (SSSR count). The summed E-state index contributed by atoms with van der Waals surface area (Å²) in [5, 5.41) is 0. The van der Waals surface area contributed by atoms with E-state index in [4.69, 9.17) is 4.74 Å². The van der Waals surface area contributed by atoms with Gasteiger partial charge in [-0.15, -0.1) is 0 Å². The van der Waals surface area contributed by atoms with E-state index >= 15 is 0 Å². The quantitative estimate of drug-likeness (QED) is 0.645. The molecule has 1 radical (unpaired) electrons. The Kier molecular flexibility index (Phi) is 4.44. The van der Waals surface area contributed by atoms with Gasteiger partial charge in [-0.3, -0.25) is 0 Å². The van der Waals surface area contributed by atoms with Gasteiger partial charge in [-0.25, -0.2) is 0 Å². The van der Waals surface area contributed by atoms with Crippen LogP contribution in [0.5, 0.6) is 0 Å². The van der Waals surface area contributed by atoms with Crippen LogP contribution in [0.1, 0.15) is 33.1 Å². The van der Waals surface area contributed by atoms with Gasteiger partial charge >= 0.3 is 0 Å². The van der Waals surface area contributed by atoms with Crippen molar-refractivity contribution in [2.45, 2.75) is 33.1 Å². The number of allylic oxidation sites excluding steroid dienone is 1. The van der Waals surface area contributed by atoms with Crippen LogP contribution in [0.4, 0.5) is 0 Å². The maximum Gasteiger partial charge on any atom is 0.190 e. The number of ether oxygens (including phenoxy) is 1. The highest BCUT2D eigenvalue weighted by Gasteiger charge is 2.09. The van der Waals surface area contributed by atoms with Gasteiger partial charge in [0.05, 0.1) is 12.0 Å². The van der Waals surface area contributed by atoms with Crippen molar-refractivity contribution < 1.29 is 4.74 Å². The maximum atomic E-state index is 5.05. The van der Waals surface area contributed by atoms with Crippen molar-refractivity contribution in [2.24, 2.45) is 0 Å². The second-order valence-corrected chi connectivity index (χ2v) is 3.23. The minimum absolute atomic E-state index is 0.958. The molecule has 0 fully saturated rings. The lowest BCUT2D eigenvalue weighted by Crippen LogP contribution is -2.25. The van der Waals surface area contributed by atoms with E-state index in [1.54, 1.807) is 6.26 Å². The SMILES string of the molecule is CCCN(CCC)C1=[C]OC=CC1. The van der Waals surface area contributed by atoms with Crippen LogP contribution < -0.4 is 0 Å². The molecule has 1 aliphatic rings. The minimum atomic E-state index is 0.958. The van der Waals surface area contributed by atoms with Crippen molar-refractivity contribution in [3.63, 3.8) is 0 Å².